The van der Waals surface area contributed by atoms with E-state index in [1.54, 1.807) is 12.4 Å². The molecule has 0 spiro atoms. The summed E-state index contributed by atoms with van der Waals surface area (Å²) in [5.41, 5.74) is 3.49. The van der Waals surface area contributed by atoms with E-state index in [1.165, 1.54) is 5.56 Å². The van der Waals surface area contributed by atoms with Crippen LogP contribution in [0.4, 0.5) is 5.69 Å². The number of benzene rings is 1. The van der Waals surface area contributed by atoms with Crippen LogP contribution in [0.5, 0.6) is 11.6 Å². The van der Waals surface area contributed by atoms with Crippen LogP contribution >= 0.6 is 0 Å². The van der Waals surface area contributed by atoms with Crippen LogP contribution in [0.15, 0.2) is 67.1 Å². The molecular weight excluding hydrogens is 310 g/mol. The monoisotopic (exact) mass is 333 g/mol. The van der Waals surface area contributed by atoms with Crippen molar-refractivity contribution in [3.05, 3.63) is 78.2 Å². The molecule has 0 aliphatic rings. The maximum atomic E-state index is 5.81. The number of pyridine rings is 2. The lowest BCUT2D eigenvalue weighted by Crippen LogP contribution is -2.10. The fourth-order valence-corrected chi connectivity index (χ4v) is 2.40. The number of hydrogen-bond donors (Lipinski definition) is 1. The molecule has 2 aromatic heterocycles. The van der Waals surface area contributed by atoms with E-state index in [0.29, 0.717) is 12.4 Å². The highest BCUT2D eigenvalue weighted by atomic mass is 16.5. The van der Waals surface area contributed by atoms with E-state index < -0.39 is 0 Å². The van der Waals surface area contributed by atoms with Gasteiger partial charge >= 0.3 is 0 Å². The topological polar surface area (TPSA) is 47.0 Å². The van der Waals surface area contributed by atoms with Crippen LogP contribution in [-0.2, 0) is 12.0 Å². The van der Waals surface area contributed by atoms with Crippen molar-refractivity contribution >= 4 is 5.69 Å². The minimum Gasteiger partial charge on any atom is -0.439 e. The van der Waals surface area contributed by atoms with Gasteiger partial charge in [0.25, 0.3) is 0 Å². The zero-order chi connectivity index (χ0) is 17.7. The summed E-state index contributed by atoms with van der Waals surface area (Å²) in [7, 11) is 0. The third kappa shape index (κ3) is 4.80. The average Bonchev–Trinajstić information content (AvgIpc) is 2.62. The molecule has 1 N–H and O–H groups in total. The minimum atomic E-state index is 0.137. The van der Waals surface area contributed by atoms with Crippen molar-refractivity contribution in [1.82, 2.24) is 9.97 Å². The summed E-state index contributed by atoms with van der Waals surface area (Å²) in [6, 6.07) is 15.9. The predicted octanol–water partition coefficient (Wildman–Crippen LogP) is 5.18. The maximum Gasteiger partial charge on any atom is 0.219 e. The number of nitrogens with zero attached hydrogens (tertiary/aromatic N) is 2. The van der Waals surface area contributed by atoms with E-state index in [-0.39, 0.29) is 5.41 Å². The molecule has 0 radical (unpaired) electrons. The van der Waals surface area contributed by atoms with Crippen LogP contribution in [0.25, 0.3) is 0 Å². The number of ether oxygens (including phenoxy) is 1. The van der Waals surface area contributed by atoms with Gasteiger partial charge in [0.05, 0.1) is 11.9 Å². The molecular formula is C21H23N3O. The van der Waals surface area contributed by atoms with Crippen LogP contribution in [0.1, 0.15) is 31.9 Å². The molecule has 0 atom stereocenters. The normalized spacial score (nSPS) is 11.2. The van der Waals surface area contributed by atoms with Gasteiger partial charge in [-0.2, -0.15) is 0 Å². The first kappa shape index (κ1) is 17.0. The summed E-state index contributed by atoms with van der Waals surface area (Å²) in [5, 5.41) is 3.32. The van der Waals surface area contributed by atoms with Crippen molar-refractivity contribution in [1.29, 1.82) is 0 Å². The van der Waals surface area contributed by atoms with Gasteiger partial charge in [0.1, 0.15) is 5.75 Å². The highest BCUT2D eigenvalue weighted by Gasteiger charge is 2.13. The van der Waals surface area contributed by atoms with Crippen LogP contribution < -0.4 is 10.1 Å². The molecule has 25 heavy (non-hydrogen) atoms. The van der Waals surface area contributed by atoms with E-state index in [0.717, 1.165) is 17.0 Å². The molecule has 0 amide bonds. The molecule has 0 fully saturated rings. The van der Waals surface area contributed by atoms with Gasteiger partial charge in [-0.15, -0.1) is 0 Å². The van der Waals surface area contributed by atoms with E-state index >= 15 is 0 Å². The molecule has 0 unspecified atom stereocenters. The SMILES string of the molecule is CC(C)(C)c1ccc(Oc2ccc(NCc3cccnc3)cn2)cc1. The Bertz CT molecular complexity index is 791. The van der Waals surface area contributed by atoms with E-state index in [4.69, 9.17) is 4.74 Å². The lowest BCUT2D eigenvalue weighted by molar-refractivity contribution is 0.462. The fourth-order valence-electron chi connectivity index (χ4n) is 2.40. The molecule has 0 saturated carbocycles. The third-order valence-electron chi connectivity index (χ3n) is 3.90. The average molecular weight is 333 g/mol. The molecule has 3 aromatic rings. The Morgan fingerprint density at radius 3 is 2.36 bits per heavy atom. The van der Waals surface area contributed by atoms with Gasteiger partial charge in [0.15, 0.2) is 0 Å². The smallest absolute Gasteiger partial charge is 0.219 e. The van der Waals surface area contributed by atoms with Crippen LogP contribution in [-0.4, -0.2) is 9.97 Å². The van der Waals surface area contributed by atoms with Crippen LogP contribution in [0.3, 0.4) is 0 Å². The summed E-state index contributed by atoms with van der Waals surface area (Å²) >= 11 is 0. The Labute approximate surface area is 148 Å². The largest absolute Gasteiger partial charge is 0.439 e. The zero-order valence-corrected chi connectivity index (χ0v) is 14.9. The van der Waals surface area contributed by atoms with Crippen LogP contribution in [0.2, 0.25) is 0 Å². The molecule has 4 nitrogen and oxygen atoms in total. The zero-order valence-electron chi connectivity index (χ0n) is 14.9. The molecule has 3 rings (SSSR count). The van der Waals surface area contributed by atoms with Gasteiger partial charge in [0.2, 0.25) is 5.88 Å². The molecule has 128 valence electrons. The van der Waals surface area contributed by atoms with Crippen molar-refractivity contribution in [3.8, 4) is 11.6 Å². The number of anilines is 1. The minimum absolute atomic E-state index is 0.137. The summed E-state index contributed by atoms with van der Waals surface area (Å²) < 4.78 is 5.81. The molecule has 0 saturated heterocycles. The van der Waals surface area contributed by atoms with Crippen molar-refractivity contribution in [2.45, 2.75) is 32.7 Å². The summed E-state index contributed by atoms with van der Waals surface area (Å²) in [4.78, 5) is 8.46. The second kappa shape index (κ2) is 7.34. The maximum absolute atomic E-state index is 5.81. The van der Waals surface area contributed by atoms with Gasteiger partial charge < -0.3 is 10.1 Å². The molecule has 0 aliphatic carbocycles. The second-order valence-electron chi connectivity index (χ2n) is 6.98. The van der Waals surface area contributed by atoms with Gasteiger partial charge in [-0.05, 0) is 40.8 Å². The highest BCUT2D eigenvalue weighted by molar-refractivity contribution is 5.43. The van der Waals surface area contributed by atoms with Crippen molar-refractivity contribution in [3.63, 3.8) is 0 Å². The highest BCUT2D eigenvalue weighted by Crippen LogP contribution is 2.26. The van der Waals surface area contributed by atoms with Crippen molar-refractivity contribution in [2.75, 3.05) is 5.32 Å². The van der Waals surface area contributed by atoms with Gasteiger partial charge in [-0.3, -0.25) is 4.98 Å². The standard InChI is InChI=1S/C21H23N3O/c1-21(2,3)17-6-9-19(10-7-17)25-20-11-8-18(15-24-20)23-14-16-5-4-12-22-13-16/h4-13,15,23H,14H2,1-3H3. The fraction of sp³-hybridized carbons (Fsp3) is 0.238. The van der Waals surface area contributed by atoms with E-state index in [2.05, 4.69) is 48.2 Å². The first-order valence-corrected chi connectivity index (χ1v) is 8.38. The lowest BCUT2D eigenvalue weighted by Gasteiger charge is -2.19. The Balaban J connectivity index is 1.59. The molecule has 2 heterocycles. The first-order valence-electron chi connectivity index (χ1n) is 8.38. The Morgan fingerprint density at radius 2 is 1.76 bits per heavy atom. The molecule has 0 bridgehead atoms. The first-order chi connectivity index (χ1) is 12.0. The van der Waals surface area contributed by atoms with E-state index in [1.807, 2.05) is 42.6 Å². The Morgan fingerprint density at radius 1 is 0.960 bits per heavy atom. The van der Waals surface area contributed by atoms with Crippen LogP contribution in [0, 0.1) is 0 Å². The number of hydrogen-bond acceptors (Lipinski definition) is 4. The van der Waals surface area contributed by atoms with E-state index in [9.17, 15) is 0 Å². The number of rotatable bonds is 5. The quantitative estimate of drug-likeness (QED) is 0.699. The summed E-state index contributed by atoms with van der Waals surface area (Å²) in [5.74, 6) is 1.37. The molecule has 4 heteroatoms. The number of nitrogens with one attached hydrogen (secondary N) is 1. The molecule has 1 aromatic carbocycles. The predicted molar refractivity (Wildman–Crippen MR) is 101 cm³/mol. The van der Waals surface area contributed by atoms with Crippen molar-refractivity contribution in [2.24, 2.45) is 0 Å². The Kier molecular flexibility index (Phi) is 4.98. The van der Waals surface area contributed by atoms with Gasteiger partial charge in [0, 0.05) is 25.0 Å². The second-order valence-corrected chi connectivity index (χ2v) is 6.98. The summed E-state index contributed by atoms with van der Waals surface area (Å²) in [6.07, 6.45) is 5.39. The lowest BCUT2D eigenvalue weighted by atomic mass is 9.87. The molecule has 0 aliphatic heterocycles. The third-order valence-corrected chi connectivity index (χ3v) is 3.90. The number of aromatic nitrogens is 2. The van der Waals surface area contributed by atoms with Gasteiger partial charge in [-0.25, -0.2) is 4.98 Å². The van der Waals surface area contributed by atoms with Crippen molar-refractivity contribution < 1.29 is 4.74 Å². The van der Waals surface area contributed by atoms with Gasteiger partial charge in [-0.1, -0.05) is 39.0 Å². The summed E-state index contributed by atoms with van der Waals surface area (Å²) in [6.45, 7) is 7.30. The Hall–Kier alpha value is -2.88.